The molecule has 0 aromatic rings. The molecule has 0 radical (unpaired) electrons. The minimum atomic E-state index is -1.41. The van der Waals surface area contributed by atoms with Crippen molar-refractivity contribution in [3.8, 4) is 0 Å². The van der Waals surface area contributed by atoms with Gasteiger partial charge in [0.25, 0.3) is 6.47 Å². The van der Waals surface area contributed by atoms with Crippen LogP contribution in [-0.2, 0) is 28.5 Å². The predicted molar refractivity (Wildman–Crippen MR) is 74.2 cm³/mol. The molecule has 1 aliphatic heterocycles. The third kappa shape index (κ3) is 6.37. The fourth-order valence-corrected chi connectivity index (χ4v) is 2.04. The second-order valence-corrected chi connectivity index (χ2v) is 4.87. The van der Waals surface area contributed by atoms with Crippen LogP contribution in [0.3, 0.4) is 0 Å². The maximum absolute atomic E-state index is 10.6. The molecule has 0 aromatic heterocycles. The van der Waals surface area contributed by atoms with Gasteiger partial charge in [-0.25, -0.2) is 0 Å². The molecule has 10 nitrogen and oxygen atoms in total. The first-order valence-corrected chi connectivity index (χ1v) is 7.16. The van der Waals surface area contributed by atoms with E-state index in [0.29, 0.717) is 13.2 Å². The second-order valence-electron chi connectivity index (χ2n) is 4.87. The first kappa shape index (κ1) is 19.7. The lowest BCUT2D eigenvalue weighted by molar-refractivity contribution is -0.303. The van der Waals surface area contributed by atoms with Crippen molar-refractivity contribution in [3.05, 3.63) is 0 Å². The average Bonchev–Trinajstić information content (AvgIpc) is 2.52. The Hall–Kier alpha value is -1.30. The van der Waals surface area contributed by atoms with E-state index in [4.69, 9.17) is 19.3 Å². The molecule has 5 atom stereocenters. The number of aliphatic hydroxyl groups excluding tert-OH is 3. The second kappa shape index (κ2) is 10.5. The van der Waals surface area contributed by atoms with Crippen molar-refractivity contribution in [2.24, 2.45) is 0 Å². The fraction of sp³-hybridized carbons (Fsp3) is 0.846. The Morgan fingerprint density at radius 1 is 1.26 bits per heavy atom. The van der Waals surface area contributed by atoms with E-state index in [9.17, 15) is 19.8 Å². The van der Waals surface area contributed by atoms with Gasteiger partial charge in [-0.3, -0.25) is 9.59 Å². The van der Waals surface area contributed by atoms with Gasteiger partial charge < -0.3 is 39.6 Å². The van der Waals surface area contributed by atoms with E-state index >= 15 is 0 Å². The largest absolute Gasteiger partial charge is 0.459 e. The van der Waals surface area contributed by atoms with Gasteiger partial charge in [0.2, 0.25) is 5.91 Å². The highest BCUT2D eigenvalue weighted by atomic mass is 16.7. The first-order chi connectivity index (χ1) is 11.0. The van der Waals surface area contributed by atoms with Gasteiger partial charge >= 0.3 is 0 Å². The SMILES string of the molecule is CC(=O)NCCOCCO[C@H]1O[C@H](CO)[C@@H](O)[C@H](OC=O)[C@@H]1O. The normalized spacial score (nSPS) is 30.7. The number of hydrogen-bond donors (Lipinski definition) is 4. The maximum Gasteiger partial charge on any atom is 0.293 e. The van der Waals surface area contributed by atoms with Crippen molar-refractivity contribution in [2.45, 2.75) is 37.6 Å². The summed E-state index contributed by atoms with van der Waals surface area (Å²) in [6.07, 6.45) is -6.26. The molecule has 1 saturated heterocycles. The molecule has 4 N–H and O–H groups in total. The Balaban J connectivity index is 2.33. The minimum Gasteiger partial charge on any atom is -0.459 e. The van der Waals surface area contributed by atoms with Crippen molar-refractivity contribution >= 4 is 12.4 Å². The van der Waals surface area contributed by atoms with Gasteiger partial charge in [-0.05, 0) is 0 Å². The molecule has 1 aliphatic rings. The number of nitrogens with one attached hydrogen (secondary N) is 1. The number of ether oxygens (including phenoxy) is 4. The van der Waals surface area contributed by atoms with Crippen LogP contribution in [0.4, 0.5) is 0 Å². The third-order valence-electron chi connectivity index (χ3n) is 3.16. The predicted octanol–water partition coefficient (Wildman–Crippen LogP) is -2.86. The smallest absolute Gasteiger partial charge is 0.293 e. The highest BCUT2D eigenvalue weighted by Gasteiger charge is 2.46. The summed E-state index contributed by atoms with van der Waals surface area (Å²) in [6, 6.07) is 0. The number of rotatable bonds is 10. The van der Waals surface area contributed by atoms with Gasteiger partial charge in [0.05, 0.1) is 26.4 Å². The molecule has 0 aliphatic carbocycles. The van der Waals surface area contributed by atoms with Crippen LogP contribution < -0.4 is 5.32 Å². The molecule has 23 heavy (non-hydrogen) atoms. The van der Waals surface area contributed by atoms with Crippen LogP contribution in [0.15, 0.2) is 0 Å². The zero-order valence-corrected chi connectivity index (χ0v) is 12.8. The summed E-state index contributed by atoms with van der Waals surface area (Å²) in [6.45, 7) is 1.87. The van der Waals surface area contributed by atoms with Gasteiger partial charge in [-0.1, -0.05) is 0 Å². The Morgan fingerprint density at radius 2 is 2.00 bits per heavy atom. The number of aliphatic hydroxyl groups is 3. The van der Waals surface area contributed by atoms with E-state index in [1.165, 1.54) is 6.92 Å². The third-order valence-corrected chi connectivity index (χ3v) is 3.16. The van der Waals surface area contributed by atoms with E-state index < -0.39 is 37.3 Å². The quantitative estimate of drug-likeness (QED) is 0.244. The van der Waals surface area contributed by atoms with Crippen molar-refractivity contribution in [2.75, 3.05) is 33.0 Å². The Bertz CT molecular complexity index is 367. The molecule has 0 spiro atoms. The molecule has 134 valence electrons. The monoisotopic (exact) mass is 337 g/mol. The van der Waals surface area contributed by atoms with E-state index in [-0.39, 0.29) is 25.6 Å². The summed E-state index contributed by atoms with van der Waals surface area (Å²) in [5.74, 6) is -0.154. The Labute approximate surface area is 133 Å². The highest BCUT2D eigenvalue weighted by molar-refractivity contribution is 5.72. The topological polar surface area (TPSA) is 144 Å². The van der Waals surface area contributed by atoms with Crippen LogP contribution in [0.1, 0.15) is 6.92 Å². The zero-order valence-electron chi connectivity index (χ0n) is 12.8. The summed E-state index contributed by atoms with van der Waals surface area (Å²) in [5, 5.41) is 31.5. The summed E-state index contributed by atoms with van der Waals surface area (Å²) >= 11 is 0. The van der Waals surface area contributed by atoms with Gasteiger partial charge in [-0.15, -0.1) is 0 Å². The van der Waals surface area contributed by atoms with Crippen molar-refractivity contribution in [3.63, 3.8) is 0 Å². The average molecular weight is 337 g/mol. The fourth-order valence-electron chi connectivity index (χ4n) is 2.04. The number of carbonyl (C=O) groups is 2. The van der Waals surface area contributed by atoms with Crippen LogP contribution >= 0.6 is 0 Å². The lowest BCUT2D eigenvalue weighted by atomic mass is 9.99. The number of carbonyl (C=O) groups excluding carboxylic acids is 2. The Kier molecular flexibility index (Phi) is 8.99. The molecule has 0 saturated carbocycles. The zero-order chi connectivity index (χ0) is 17.2. The maximum atomic E-state index is 10.6. The van der Waals surface area contributed by atoms with Gasteiger partial charge in [0.15, 0.2) is 12.4 Å². The van der Waals surface area contributed by atoms with E-state index in [2.05, 4.69) is 10.1 Å². The molecule has 1 rings (SSSR count). The van der Waals surface area contributed by atoms with Crippen molar-refractivity contribution in [1.82, 2.24) is 5.32 Å². The van der Waals surface area contributed by atoms with Crippen LogP contribution in [0.5, 0.6) is 0 Å². The summed E-state index contributed by atoms with van der Waals surface area (Å²) in [7, 11) is 0. The molecule has 10 heteroatoms. The standard InChI is InChI=1S/C13H23NO9/c1-8(17)14-2-3-20-4-5-21-13-11(19)12(22-7-16)10(18)9(6-15)23-13/h7,9-13,15,18-19H,2-6H2,1H3,(H,14,17)/t9-,10-,11+,12+,13+/m1/s1. The number of hydrogen-bond acceptors (Lipinski definition) is 9. The first-order valence-electron chi connectivity index (χ1n) is 7.16. The highest BCUT2D eigenvalue weighted by Crippen LogP contribution is 2.23. The van der Waals surface area contributed by atoms with E-state index in [1.54, 1.807) is 0 Å². The molecule has 0 bridgehead atoms. The van der Waals surface area contributed by atoms with E-state index in [0.717, 1.165) is 0 Å². The van der Waals surface area contributed by atoms with Crippen molar-refractivity contribution < 1.29 is 43.9 Å². The molecular formula is C13H23NO9. The van der Waals surface area contributed by atoms with Crippen LogP contribution in [0, 0.1) is 0 Å². The van der Waals surface area contributed by atoms with Gasteiger partial charge in [0.1, 0.15) is 18.3 Å². The Morgan fingerprint density at radius 3 is 2.61 bits per heavy atom. The summed E-state index contributed by atoms with van der Waals surface area (Å²) in [4.78, 5) is 21.1. The molecule has 0 aromatic carbocycles. The molecule has 1 heterocycles. The minimum absolute atomic E-state index is 0.0594. The number of amides is 1. The van der Waals surface area contributed by atoms with Gasteiger partial charge in [-0.2, -0.15) is 0 Å². The summed E-state index contributed by atoms with van der Waals surface area (Å²) in [5.41, 5.74) is 0. The van der Waals surface area contributed by atoms with Crippen molar-refractivity contribution in [1.29, 1.82) is 0 Å². The van der Waals surface area contributed by atoms with Crippen LogP contribution in [-0.4, -0.2) is 91.4 Å². The van der Waals surface area contributed by atoms with E-state index in [1.807, 2.05) is 0 Å². The summed E-state index contributed by atoms with van der Waals surface area (Å²) < 4.78 is 20.3. The van der Waals surface area contributed by atoms with Crippen LogP contribution in [0.2, 0.25) is 0 Å². The molecular weight excluding hydrogens is 314 g/mol. The lowest BCUT2D eigenvalue weighted by Gasteiger charge is -2.40. The van der Waals surface area contributed by atoms with Crippen LogP contribution in [0.25, 0.3) is 0 Å². The van der Waals surface area contributed by atoms with Gasteiger partial charge in [0, 0.05) is 13.5 Å². The molecule has 0 unspecified atom stereocenters. The molecule has 1 fully saturated rings. The molecule has 1 amide bonds. The lowest BCUT2D eigenvalue weighted by Crippen LogP contribution is -2.60.